The van der Waals surface area contributed by atoms with Crippen molar-refractivity contribution in [2.24, 2.45) is 0 Å². The van der Waals surface area contributed by atoms with Crippen molar-refractivity contribution in [3.05, 3.63) is 33.8 Å². The van der Waals surface area contributed by atoms with Gasteiger partial charge >= 0.3 is 0 Å². The minimum Gasteiger partial charge on any atom is -0.310 e. The molecule has 0 amide bonds. The van der Waals surface area contributed by atoms with Gasteiger partial charge in [0.1, 0.15) is 11.6 Å². The van der Waals surface area contributed by atoms with Gasteiger partial charge in [-0.15, -0.1) is 0 Å². The smallest absolute Gasteiger partial charge is 0.145 e. The monoisotopic (exact) mass is 261 g/mol. The van der Waals surface area contributed by atoms with E-state index in [4.69, 9.17) is 0 Å². The van der Waals surface area contributed by atoms with Crippen molar-refractivity contribution in [2.45, 2.75) is 18.9 Å². The maximum atomic E-state index is 13.6. The van der Waals surface area contributed by atoms with E-state index >= 15 is 0 Å². The molecular weight excluding hydrogens is 252 g/mol. The van der Waals surface area contributed by atoms with E-state index in [9.17, 15) is 8.78 Å². The van der Waals surface area contributed by atoms with Gasteiger partial charge in [-0.2, -0.15) is 0 Å². The molecule has 0 spiro atoms. The number of benzene rings is 1. The van der Waals surface area contributed by atoms with Crippen LogP contribution in [0.2, 0.25) is 0 Å². The van der Waals surface area contributed by atoms with Crippen LogP contribution in [0.15, 0.2) is 16.6 Å². The summed E-state index contributed by atoms with van der Waals surface area (Å²) in [6.45, 7) is 0.829. The fourth-order valence-corrected chi connectivity index (χ4v) is 2.14. The number of rotatable bonds is 1. The molecule has 1 saturated heterocycles. The van der Waals surface area contributed by atoms with Crippen molar-refractivity contribution < 1.29 is 8.78 Å². The Kier molecular flexibility index (Phi) is 2.83. The molecular formula is C10H10BrF2N. The summed E-state index contributed by atoms with van der Waals surface area (Å²) in [5.41, 5.74) is 0.164. The van der Waals surface area contributed by atoms with Crippen molar-refractivity contribution in [1.82, 2.24) is 5.32 Å². The van der Waals surface area contributed by atoms with Crippen LogP contribution in [0.4, 0.5) is 8.78 Å². The molecule has 0 saturated carbocycles. The van der Waals surface area contributed by atoms with Gasteiger partial charge in [-0.05, 0) is 47.4 Å². The number of nitrogens with one attached hydrogen (secondary N) is 1. The van der Waals surface area contributed by atoms with Crippen LogP contribution in [0.25, 0.3) is 0 Å². The first-order chi connectivity index (χ1) is 6.70. The van der Waals surface area contributed by atoms with Gasteiger partial charge in [-0.3, -0.25) is 0 Å². The predicted octanol–water partition coefficient (Wildman–Crippen LogP) is 3.15. The fourth-order valence-electron chi connectivity index (χ4n) is 1.79. The van der Waals surface area contributed by atoms with E-state index in [1.165, 1.54) is 12.1 Å². The molecule has 1 fully saturated rings. The maximum Gasteiger partial charge on any atom is 0.145 e. The van der Waals surface area contributed by atoms with Crippen LogP contribution in [0.1, 0.15) is 24.4 Å². The van der Waals surface area contributed by atoms with Crippen LogP contribution in [-0.2, 0) is 0 Å². The van der Waals surface area contributed by atoms with Crippen LogP contribution in [0, 0.1) is 11.6 Å². The van der Waals surface area contributed by atoms with E-state index in [-0.39, 0.29) is 11.6 Å². The summed E-state index contributed by atoms with van der Waals surface area (Å²) in [6.07, 6.45) is 1.76. The molecule has 1 aliphatic heterocycles. The molecule has 4 heteroatoms. The van der Waals surface area contributed by atoms with E-state index in [1.807, 2.05) is 0 Å². The minimum absolute atomic E-state index is 0.164. The highest BCUT2D eigenvalue weighted by Gasteiger charge is 2.24. The Morgan fingerprint density at radius 2 is 2.14 bits per heavy atom. The van der Waals surface area contributed by atoms with Gasteiger partial charge in [0, 0.05) is 11.6 Å². The quantitative estimate of drug-likeness (QED) is 0.766. The lowest BCUT2D eigenvalue weighted by atomic mass is 10.0. The van der Waals surface area contributed by atoms with Crippen LogP contribution in [0.5, 0.6) is 0 Å². The molecule has 0 bridgehead atoms. The highest BCUT2D eigenvalue weighted by atomic mass is 79.9. The molecule has 1 atom stereocenters. The standard InChI is InChI=1S/C10H10BrF2N/c11-6-3-4-7(12)9(10(6)13)8-2-1-5-14-8/h3-4,8,14H,1-2,5H2. The summed E-state index contributed by atoms with van der Waals surface area (Å²) in [7, 11) is 0. The third kappa shape index (κ3) is 1.68. The van der Waals surface area contributed by atoms with Gasteiger partial charge in [0.2, 0.25) is 0 Å². The lowest BCUT2D eigenvalue weighted by Gasteiger charge is -2.13. The van der Waals surface area contributed by atoms with E-state index in [1.54, 1.807) is 0 Å². The van der Waals surface area contributed by atoms with Crippen LogP contribution in [0.3, 0.4) is 0 Å². The van der Waals surface area contributed by atoms with Crippen molar-refractivity contribution in [3.8, 4) is 0 Å². The molecule has 76 valence electrons. The molecule has 0 radical (unpaired) electrons. The van der Waals surface area contributed by atoms with Gasteiger partial charge in [0.05, 0.1) is 4.47 Å². The van der Waals surface area contributed by atoms with Crippen LogP contribution in [-0.4, -0.2) is 6.54 Å². The molecule has 1 unspecified atom stereocenters. The van der Waals surface area contributed by atoms with Gasteiger partial charge in [-0.25, -0.2) is 8.78 Å². The summed E-state index contributed by atoms with van der Waals surface area (Å²) >= 11 is 3.06. The van der Waals surface area contributed by atoms with E-state index < -0.39 is 11.6 Å². The third-order valence-electron chi connectivity index (χ3n) is 2.49. The summed E-state index contributed by atoms with van der Waals surface area (Å²) in [4.78, 5) is 0. The summed E-state index contributed by atoms with van der Waals surface area (Å²) in [6, 6.07) is 2.51. The van der Waals surface area contributed by atoms with Crippen LogP contribution >= 0.6 is 15.9 Å². The average molecular weight is 262 g/mol. The molecule has 0 aliphatic carbocycles. The van der Waals surface area contributed by atoms with E-state index in [0.29, 0.717) is 4.47 Å². The molecule has 1 N–H and O–H groups in total. The molecule has 1 heterocycles. The van der Waals surface area contributed by atoms with E-state index in [2.05, 4.69) is 21.2 Å². The Bertz CT molecular complexity index is 348. The summed E-state index contributed by atoms with van der Waals surface area (Å²) in [5, 5.41) is 3.08. The molecule has 14 heavy (non-hydrogen) atoms. The Morgan fingerprint density at radius 3 is 2.79 bits per heavy atom. The van der Waals surface area contributed by atoms with Crippen LogP contribution < -0.4 is 5.32 Å². The first-order valence-electron chi connectivity index (χ1n) is 4.57. The molecule has 0 aromatic heterocycles. The molecule has 1 aromatic rings. The predicted molar refractivity (Wildman–Crippen MR) is 54.0 cm³/mol. The molecule has 1 aliphatic rings. The van der Waals surface area contributed by atoms with Crippen molar-refractivity contribution in [2.75, 3.05) is 6.54 Å². The Hall–Kier alpha value is -0.480. The highest BCUT2D eigenvalue weighted by molar-refractivity contribution is 9.10. The number of hydrogen-bond acceptors (Lipinski definition) is 1. The zero-order chi connectivity index (χ0) is 10.1. The zero-order valence-electron chi connectivity index (χ0n) is 7.49. The average Bonchev–Trinajstić information content (AvgIpc) is 2.65. The third-order valence-corrected chi connectivity index (χ3v) is 3.10. The number of hydrogen-bond donors (Lipinski definition) is 1. The fraction of sp³-hybridized carbons (Fsp3) is 0.400. The number of halogens is 3. The van der Waals surface area contributed by atoms with E-state index in [0.717, 1.165) is 19.4 Å². The second-order valence-corrected chi connectivity index (χ2v) is 4.26. The zero-order valence-corrected chi connectivity index (χ0v) is 9.07. The lowest BCUT2D eigenvalue weighted by molar-refractivity contribution is 0.504. The maximum absolute atomic E-state index is 13.6. The van der Waals surface area contributed by atoms with Gasteiger partial charge < -0.3 is 5.32 Å². The van der Waals surface area contributed by atoms with Crippen molar-refractivity contribution >= 4 is 15.9 Å². The SMILES string of the molecule is Fc1ccc(Br)c(F)c1C1CCCN1. The second kappa shape index (κ2) is 3.95. The first kappa shape index (κ1) is 10.1. The first-order valence-corrected chi connectivity index (χ1v) is 5.36. The Labute approximate surface area is 89.6 Å². The van der Waals surface area contributed by atoms with Gasteiger partial charge in [0.25, 0.3) is 0 Å². The summed E-state index contributed by atoms with van der Waals surface area (Å²) < 4.78 is 27.3. The normalized spacial score (nSPS) is 21.5. The van der Waals surface area contributed by atoms with Gasteiger partial charge in [0.15, 0.2) is 0 Å². The lowest BCUT2D eigenvalue weighted by Crippen LogP contribution is -2.16. The molecule has 2 rings (SSSR count). The molecule has 1 aromatic carbocycles. The van der Waals surface area contributed by atoms with Crippen molar-refractivity contribution in [3.63, 3.8) is 0 Å². The Morgan fingerprint density at radius 1 is 1.36 bits per heavy atom. The second-order valence-electron chi connectivity index (χ2n) is 3.41. The largest absolute Gasteiger partial charge is 0.310 e. The highest BCUT2D eigenvalue weighted by Crippen LogP contribution is 2.31. The minimum atomic E-state index is -0.482. The topological polar surface area (TPSA) is 12.0 Å². The van der Waals surface area contributed by atoms with Gasteiger partial charge in [-0.1, -0.05) is 0 Å². The van der Waals surface area contributed by atoms with Crippen molar-refractivity contribution in [1.29, 1.82) is 0 Å². The summed E-state index contributed by atoms with van der Waals surface area (Å²) in [5.74, 6) is -0.950. The molecule has 1 nitrogen and oxygen atoms in total. The Balaban J connectivity index is 2.44.